The Bertz CT molecular complexity index is 1110. The van der Waals surface area contributed by atoms with E-state index in [9.17, 15) is 9.59 Å². The molecule has 7 heteroatoms. The largest absolute Gasteiger partial charge is 0.493 e. The molecule has 0 saturated carbocycles. The number of rotatable bonds is 8. The fourth-order valence-corrected chi connectivity index (χ4v) is 3.65. The Morgan fingerprint density at radius 1 is 1.00 bits per heavy atom. The second-order valence-corrected chi connectivity index (χ2v) is 9.13. The number of methoxy groups -OCH3 is 2. The Morgan fingerprint density at radius 3 is 2.24 bits per heavy atom. The van der Waals surface area contributed by atoms with Gasteiger partial charge in [-0.15, -0.1) is 0 Å². The van der Waals surface area contributed by atoms with Gasteiger partial charge in [0.25, 0.3) is 5.91 Å². The van der Waals surface area contributed by atoms with Crippen molar-refractivity contribution in [2.45, 2.75) is 45.8 Å². The molecule has 3 aromatic rings. The summed E-state index contributed by atoms with van der Waals surface area (Å²) in [5.74, 6) is 0.882. The average molecular weight is 465 g/mol. The molecular weight excluding hydrogens is 432 g/mol. The fraction of sp³-hybridized carbons (Fsp3) is 0.333. The van der Waals surface area contributed by atoms with E-state index in [4.69, 9.17) is 13.9 Å². The lowest BCUT2D eigenvalue weighted by Gasteiger charge is -2.33. The minimum absolute atomic E-state index is 0.107. The molecule has 0 bridgehead atoms. The zero-order valence-corrected chi connectivity index (χ0v) is 20.5. The van der Waals surface area contributed by atoms with Gasteiger partial charge in [0.05, 0.1) is 27.0 Å². The highest BCUT2D eigenvalue weighted by Gasteiger charge is 2.34. The number of carbonyl (C=O) groups is 2. The van der Waals surface area contributed by atoms with Crippen molar-refractivity contribution in [3.05, 3.63) is 83.3 Å². The molecule has 0 radical (unpaired) electrons. The SMILES string of the molecule is COc1ccc(C(=O)N(Cc2ccco2)[C@@H](C(=O)NC(C)(C)C)c2ccc(C)cc2)cc1OC. The first-order valence-electron chi connectivity index (χ1n) is 11.1. The number of hydrogen-bond donors (Lipinski definition) is 1. The first kappa shape index (κ1) is 24.9. The summed E-state index contributed by atoms with van der Waals surface area (Å²) in [5.41, 5.74) is 1.64. The van der Waals surface area contributed by atoms with Gasteiger partial charge in [-0.1, -0.05) is 29.8 Å². The van der Waals surface area contributed by atoms with Crippen LogP contribution in [-0.4, -0.2) is 36.5 Å². The van der Waals surface area contributed by atoms with Crippen LogP contribution < -0.4 is 14.8 Å². The van der Waals surface area contributed by atoms with Crippen LogP contribution in [0.1, 0.15) is 54.1 Å². The lowest BCUT2D eigenvalue weighted by molar-refractivity contribution is -0.127. The Hall–Kier alpha value is -3.74. The smallest absolute Gasteiger partial charge is 0.255 e. The lowest BCUT2D eigenvalue weighted by atomic mass is 9.99. The predicted octanol–water partition coefficient (Wildman–Crippen LogP) is 4.90. The summed E-state index contributed by atoms with van der Waals surface area (Å²) in [5, 5.41) is 3.03. The molecule has 0 unspecified atom stereocenters. The number of benzene rings is 2. The van der Waals surface area contributed by atoms with Gasteiger partial charge in [-0.25, -0.2) is 0 Å². The molecule has 2 amide bonds. The van der Waals surface area contributed by atoms with E-state index >= 15 is 0 Å². The van der Waals surface area contributed by atoms with Gasteiger partial charge in [-0.2, -0.15) is 0 Å². The van der Waals surface area contributed by atoms with Gasteiger partial charge >= 0.3 is 0 Å². The van der Waals surface area contributed by atoms with Gasteiger partial charge in [0.15, 0.2) is 11.5 Å². The molecule has 7 nitrogen and oxygen atoms in total. The quantitative estimate of drug-likeness (QED) is 0.513. The first-order valence-corrected chi connectivity index (χ1v) is 11.1. The number of ether oxygens (including phenoxy) is 2. The molecule has 1 heterocycles. The third-order valence-corrected chi connectivity index (χ3v) is 5.25. The number of carbonyl (C=O) groups excluding carboxylic acids is 2. The van der Waals surface area contributed by atoms with Gasteiger partial charge in [0.1, 0.15) is 11.8 Å². The van der Waals surface area contributed by atoms with E-state index in [2.05, 4.69) is 5.32 Å². The second-order valence-electron chi connectivity index (χ2n) is 9.13. The lowest BCUT2D eigenvalue weighted by Crippen LogP contribution is -2.49. The predicted molar refractivity (Wildman–Crippen MR) is 130 cm³/mol. The van der Waals surface area contributed by atoms with E-state index < -0.39 is 11.6 Å². The van der Waals surface area contributed by atoms with Gasteiger partial charge in [-0.3, -0.25) is 9.59 Å². The van der Waals surface area contributed by atoms with Crippen molar-refractivity contribution >= 4 is 11.8 Å². The van der Waals surface area contributed by atoms with Crippen LogP contribution in [0.4, 0.5) is 0 Å². The topological polar surface area (TPSA) is 81.0 Å². The third-order valence-electron chi connectivity index (χ3n) is 5.25. The zero-order valence-electron chi connectivity index (χ0n) is 20.5. The second kappa shape index (κ2) is 10.5. The van der Waals surface area contributed by atoms with Crippen molar-refractivity contribution in [2.24, 2.45) is 0 Å². The Balaban J connectivity index is 2.11. The summed E-state index contributed by atoms with van der Waals surface area (Å²) in [6.07, 6.45) is 1.55. The summed E-state index contributed by atoms with van der Waals surface area (Å²) in [7, 11) is 3.05. The maximum absolute atomic E-state index is 13.9. The molecule has 1 aromatic heterocycles. The van der Waals surface area contributed by atoms with Gasteiger partial charge in [0, 0.05) is 11.1 Å². The van der Waals surface area contributed by atoms with Gasteiger partial charge < -0.3 is 24.1 Å². The number of nitrogens with one attached hydrogen (secondary N) is 1. The monoisotopic (exact) mass is 464 g/mol. The molecule has 1 N–H and O–H groups in total. The average Bonchev–Trinajstić information content (AvgIpc) is 3.31. The van der Waals surface area contributed by atoms with Crippen molar-refractivity contribution in [1.82, 2.24) is 10.2 Å². The number of aryl methyl sites for hydroxylation is 1. The van der Waals surface area contributed by atoms with Gasteiger partial charge in [-0.05, 0) is 63.6 Å². The molecule has 180 valence electrons. The van der Waals surface area contributed by atoms with Crippen LogP contribution in [0.3, 0.4) is 0 Å². The van der Waals surface area contributed by atoms with Crippen molar-refractivity contribution in [3.63, 3.8) is 0 Å². The van der Waals surface area contributed by atoms with Crippen molar-refractivity contribution in [3.8, 4) is 11.5 Å². The molecule has 0 aliphatic carbocycles. The number of nitrogens with zero attached hydrogens (tertiary/aromatic N) is 1. The highest BCUT2D eigenvalue weighted by molar-refractivity contribution is 5.98. The molecule has 0 aliphatic rings. The molecule has 0 aliphatic heterocycles. The minimum atomic E-state index is -0.884. The number of furan rings is 1. The molecule has 0 saturated heterocycles. The molecule has 1 atom stereocenters. The third kappa shape index (κ3) is 5.98. The summed E-state index contributed by atoms with van der Waals surface area (Å²) in [4.78, 5) is 29.0. The van der Waals surface area contributed by atoms with Crippen LogP contribution in [0.25, 0.3) is 0 Å². The summed E-state index contributed by atoms with van der Waals surface area (Å²) >= 11 is 0. The van der Waals surface area contributed by atoms with Gasteiger partial charge in [0.2, 0.25) is 5.91 Å². The molecule has 0 spiro atoms. The zero-order chi connectivity index (χ0) is 24.9. The normalized spacial score (nSPS) is 12.1. The van der Waals surface area contributed by atoms with Crippen LogP contribution >= 0.6 is 0 Å². The highest BCUT2D eigenvalue weighted by atomic mass is 16.5. The Kier molecular flexibility index (Phi) is 7.66. The molecule has 2 aromatic carbocycles. The van der Waals surface area contributed by atoms with E-state index in [1.807, 2.05) is 52.0 Å². The molecular formula is C27H32N2O5. The maximum Gasteiger partial charge on any atom is 0.255 e. The molecule has 34 heavy (non-hydrogen) atoms. The Morgan fingerprint density at radius 2 is 1.68 bits per heavy atom. The standard InChI is InChI=1S/C27H32N2O5/c1-18-9-11-19(12-10-18)24(25(30)28-27(2,3)4)29(17-21-8-7-15-34-21)26(31)20-13-14-22(32-5)23(16-20)33-6/h7-16,24H,17H2,1-6H3,(H,28,30)/t24-/m1/s1. The maximum atomic E-state index is 13.9. The van der Waals surface area contributed by atoms with Crippen LogP contribution in [0, 0.1) is 6.92 Å². The van der Waals surface area contributed by atoms with E-state index in [1.54, 1.807) is 36.6 Å². The highest BCUT2D eigenvalue weighted by Crippen LogP contribution is 2.31. The van der Waals surface area contributed by atoms with Crippen LogP contribution in [0.5, 0.6) is 11.5 Å². The van der Waals surface area contributed by atoms with Crippen LogP contribution in [0.15, 0.2) is 65.3 Å². The molecule has 3 rings (SSSR count). The van der Waals surface area contributed by atoms with Crippen molar-refractivity contribution in [2.75, 3.05) is 14.2 Å². The fourth-order valence-electron chi connectivity index (χ4n) is 3.65. The molecule has 0 fully saturated rings. The summed E-state index contributed by atoms with van der Waals surface area (Å²) in [6, 6.07) is 15.2. The number of hydrogen-bond acceptors (Lipinski definition) is 5. The summed E-state index contributed by atoms with van der Waals surface area (Å²) < 4.78 is 16.2. The van der Waals surface area contributed by atoms with E-state index in [-0.39, 0.29) is 18.4 Å². The number of amides is 2. The first-order chi connectivity index (χ1) is 16.1. The van der Waals surface area contributed by atoms with E-state index in [0.717, 1.165) is 5.56 Å². The van der Waals surface area contributed by atoms with Crippen LogP contribution in [0.2, 0.25) is 0 Å². The van der Waals surface area contributed by atoms with E-state index in [1.165, 1.54) is 19.1 Å². The Labute approximate surface area is 200 Å². The van der Waals surface area contributed by atoms with Crippen molar-refractivity contribution < 1.29 is 23.5 Å². The summed E-state index contributed by atoms with van der Waals surface area (Å²) in [6.45, 7) is 7.80. The van der Waals surface area contributed by atoms with E-state index in [0.29, 0.717) is 28.4 Å². The minimum Gasteiger partial charge on any atom is -0.493 e. The van der Waals surface area contributed by atoms with Crippen LogP contribution in [-0.2, 0) is 11.3 Å². The van der Waals surface area contributed by atoms with Crippen molar-refractivity contribution in [1.29, 1.82) is 0 Å².